The van der Waals surface area contributed by atoms with Crippen molar-refractivity contribution in [1.29, 1.82) is 0 Å². The molecule has 0 unspecified atom stereocenters. The van der Waals surface area contributed by atoms with Gasteiger partial charge in [-0.1, -0.05) is 0 Å². The first-order valence-corrected chi connectivity index (χ1v) is 7.95. The van der Waals surface area contributed by atoms with Crippen molar-refractivity contribution in [2.24, 2.45) is 0 Å². The molecule has 1 aliphatic rings. The second-order valence-corrected chi connectivity index (χ2v) is 6.64. The summed E-state index contributed by atoms with van der Waals surface area (Å²) in [5, 5.41) is 0. The van der Waals surface area contributed by atoms with E-state index >= 15 is 0 Å². The van der Waals surface area contributed by atoms with E-state index in [9.17, 15) is 9.18 Å². The van der Waals surface area contributed by atoms with Crippen LogP contribution in [0.1, 0.15) is 46.5 Å². The molecule has 7 heteroatoms. The zero-order chi connectivity index (χ0) is 16.9. The molecule has 0 spiro atoms. The fourth-order valence-electron chi connectivity index (χ4n) is 2.52. The van der Waals surface area contributed by atoms with Crippen LogP contribution in [0.15, 0.2) is 12.4 Å². The van der Waals surface area contributed by atoms with Crippen LogP contribution >= 0.6 is 0 Å². The monoisotopic (exact) mass is 325 g/mol. The van der Waals surface area contributed by atoms with Crippen molar-refractivity contribution in [3.63, 3.8) is 0 Å². The Kier molecular flexibility index (Phi) is 5.74. The van der Waals surface area contributed by atoms with E-state index in [1.165, 1.54) is 0 Å². The lowest BCUT2D eigenvalue weighted by molar-refractivity contribution is 0.00731. The van der Waals surface area contributed by atoms with E-state index in [1.54, 1.807) is 4.90 Å². The smallest absolute Gasteiger partial charge is 0.410 e. The van der Waals surface area contributed by atoms with Gasteiger partial charge in [0, 0.05) is 19.0 Å². The van der Waals surface area contributed by atoms with E-state index in [-0.39, 0.29) is 18.1 Å². The number of hydrogen-bond donors (Lipinski definition) is 0. The van der Waals surface area contributed by atoms with Gasteiger partial charge in [-0.3, -0.25) is 0 Å². The lowest BCUT2D eigenvalue weighted by Gasteiger charge is -2.36. The Morgan fingerprint density at radius 2 is 2.04 bits per heavy atom. The number of aromatic nitrogens is 2. The third kappa shape index (κ3) is 5.65. The maximum absolute atomic E-state index is 12.7. The molecule has 0 radical (unpaired) electrons. The number of rotatable bonds is 4. The Bertz CT molecular complexity index is 516. The number of piperidine rings is 1. The summed E-state index contributed by atoms with van der Waals surface area (Å²) < 4.78 is 23.6. The van der Waals surface area contributed by atoms with Gasteiger partial charge in [0.1, 0.15) is 5.60 Å². The molecule has 1 amide bonds. The van der Waals surface area contributed by atoms with Gasteiger partial charge in [-0.25, -0.2) is 19.2 Å². The van der Waals surface area contributed by atoms with Crippen LogP contribution in [0.2, 0.25) is 0 Å². The molecule has 0 aliphatic carbocycles. The molecule has 0 aromatic carbocycles. The van der Waals surface area contributed by atoms with Crippen LogP contribution in [-0.2, 0) is 4.74 Å². The number of halogens is 1. The van der Waals surface area contributed by atoms with Gasteiger partial charge >= 0.3 is 12.1 Å². The quantitative estimate of drug-likeness (QED) is 0.851. The van der Waals surface area contributed by atoms with E-state index in [0.717, 1.165) is 31.7 Å². The maximum atomic E-state index is 12.7. The molecule has 23 heavy (non-hydrogen) atoms. The second kappa shape index (κ2) is 7.57. The minimum atomic E-state index is -0.502. The first-order chi connectivity index (χ1) is 10.8. The summed E-state index contributed by atoms with van der Waals surface area (Å²) >= 11 is 0. The molecule has 2 rings (SSSR count). The molecule has 1 aromatic heterocycles. The Labute approximate surface area is 136 Å². The molecule has 1 aliphatic heterocycles. The Morgan fingerprint density at radius 1 is 1.35 bits per heavy atom. The Morgan fingerprint density at radius 3 is 2.70 bits per heavy atom. The highest BCUT2D eigenvalue weighted by Crippen LogP contribution is 2.22. The molecule has 0 N–H and O–H groups in total. The van der Waals surface area contributed by atoms with Crippen molar-refractivity contribution in [2.75, 3.05) is 13.2 Å². The van der Waals surface area contributed by atoms with Crippen LogP contribution in [0.3, 0.4) is 0 Å². The zero-order valence-corrected chi connectivity index (χ0v) is 13.9. The molecule has 2 heterocycles. The predicted octanol–water partition coefficient (Wildman–Crippen LogP) is 3.17. The van der Waals surface area contributed by atoms with Gasteiger partial charge in [0.25, 0.3) is 0 Å². The van der Waals surface area contributed by atoms with Crippen LogP contribution in [-0.4, -0.2) is 45.8 Å². The molecule has 1 atom stereocenters. The van der Waals surface area contributed by atoms with Crippen molar-refractivity contribution in [2.45, 2.75) is 58.1 Å². The van der Waals surface area contributed by atoms with Crippen molar-refractivity contribution >= 4 is 6.09 Å². The maximum Gasteiger partial charge on any atom is 0.410 e. The molecule has 6 nitrogen and oxygen atoms in total. The van der Waals surface area contributed by atoms with Crippen LogP contribution in [0.25, 0.3) is 0 Å². The zero-order valence-electron chi connectivity index (χ0n) is 13.9. The summed E-state index contributed by atoms with van der Waals surface area (Å²) in [5.74, 6) is -0.499. The number of carbonyl (C=O) groups is 1. The van der Waals surface area contributed by atoms with E-state index in [4.69, 9.17) is 9.47 Å². The summed E-state index contributed by atoms with van der Waals surface area (Å²) in [6.45, 7) is 6.65. The number of carbonyl (C=O) groups excluding carboxylic acids is 1. The lowest BCUT2D eigenvalue weighted by atomic mass is 10.0. The fraction of sp³-hybridized carbons (Fsp3) is 0.688. The summed E-state index contributed by atoms with van der Waals surface area (Å²) in [5.41, 5.74) is -0.502. The predicted molar refractivity (Wildman–Crippen MR) is 82.7 cm³/mol. The van der Waals surface area contributed by atoms with Crippen LogP contribution in [0, 0.1) is 5.82 Å². The average molecular weight is 325 g/mol. The number of likely N-dealkylation sites (tertiary alicyclic amines) is 1. The van der Waals surface area contributed by atoms with Gasteiger partial charge < -0.3 is 14.4 Å². The van der Waals surface area contributed by atoms with Crippen molar-refractivity contribution in [3.8, 4) is 6.01 Å². The van der Waals surface area contributed by atoms with Gasteiger partial charge in [-0.2, -0.15) is 0 Å². The molecule has 128 valence electrons. The van der Waals surface area contributed by atoms with Gasteiger partial charge in [0.05, 0.1) is 19.0 Å². The third-order valence-electron chi connectivity index (χ3n) is 3.53. The number of nitrogens with zero attached hydrogens (tertiary/aromatic N) is 3. The topological polar surface area (TPSA) is 64.5 Å². The fourth-order valence-corrected chi connectivity index (χ4v) is 2.52. The Balaban J connectivity index is 1.86. The van der Waals surface area contributed by atoms with E-state index in [2.05, 4.69) is 9.97 Å². The van der Waals surface area contributed by atoms with Crippen LogP contribution in [0.4, 0.5) is 9.18 Å². The number of ether oxygens (including phenoxy) is 2. The summed E-state index contributed by atoms with van der Waals surface area (Å²) in [6, 6.07) is 0.227. The van der Waals surface area contributed by atoms with Crippen LogP contribution < -0.4 is 4.74 Å². The largest absolute Gasteiger partial charge is 0.463 e. The molecule has 1 fully saturated rings. The molecular weight excluding hydrogens is 301 g/mol. The average Bonchev–Trinajstić information content (AvgIpc) is 2.48. The molecule has 0 bridgehead atoms. The van der Waals surface area contributed by atoms with Crippen LogP contribution in [0.5, 0.6) is 6.01 Å². The van der Waals surface area contributed by atoms with Gasteiger partial charge in [-0.15, -0.1) is 0 Å². The summed E-state index contributed by atoms with van der Waals surface area (Å²) in [4.78, 5) is 21.6. The van der Waals surface area contributed by atoms with Gasteiger partial charge in [-0.05, 0) is 40.0 Å². The Hall–Kier alpha value is -1.92. The standard InChI is InChI=1S/C16H24FN3O3/c1-16(2,3)23-15(21)20-8-5-4-6-13(20)7-9-22-14-18-10-12(17)11-19-14/h10-11,13H,4-9H2,1-3H3/t13-/m1/s1. The van der Waals surface area contributed by atoms with E-state index in [1.807, 2.05) is 20.8 Å². The minimum absolute atomic E-state index is 0.0825. The molecule has 1 saturated heterocycles. The number of hydrogen-bond acceptors (Lipinski definition) is 5. The molecule has 0 saturated carbocycles. The third-order valence-corrected chi connectivity index (χ3v) is 3.53. The normalized spacial score (nSPS) is 18.6. The van der Waals surface area contributed by atoms with Gasteiger partial charge in [0.15, 0.2) is 5.82 Å². The highest BCUT2D eigenvalue weighted by molar-refractivity contribution is 5.68. The molecule has 1 aromatic rings. The highest BCUT2D eigenvalue weighted by Gasteiger charge is 2.30. The van der Waals surface area contributed by atoms with Gasteiger partial charge in [0.2, 0.25) is 0 Å². The molecular formula is C16H24FN3O3. The van der Waals surface area contributed by atoms with Crippen molar-refractivity contribution in [1.82, 2.24) is 14.9 Å². The second-order valence-electron chi connectivity index (χ2n) is 6.64. The lowest BCUT2D eigenvalue weighted by Crippen LogP contribution is -2.46. The van der Waals surface area contributed by atoms with E-state index < -0.39 is 11.4 Å². The first kappa shape index (κ1) is 17.4. The first-order valence-electron chi connectivity index (χ1n) is 7.95. The highest BCUT2D eigenvalue weighted by atomic mass is 19.1. The van der Waals surface area contributed by atoms with Crippen molar-refractivity contribution in [3.05, 3.63) is 18.2 Å². The van der Waals surface area contributed by atoms with E-state index in [0.29, 0.717) is 19.6 Å². The minimum Gasteiger partial charge on any atom is -0.463 e. The number of amides is 1. The summed E-state index contributed by atoms with van der Waals surface area (Å²) in [6.07, 6.45) is 5.51. The SMILES string of the molecule is CC(C)(C)OC(=O)N1CCCC[C@@H]1CCOc1ncc(F)cn1. The van der Waals surface area contributed by atoms with Crippen molar-refractivity contribution < 1.29 is 18.7 Å². The summed E-state index contributed by atoms with van der Waals surface area (Å²) in [7, 11) is 0.